The third-order valence-corrected chi connectivity index (χ3v) is 3.59. The number of nitrogens with one attached hydrogen (secondary N) is 1. The number of carbonyl (C=O) groups excluding carboxylic acids is 2. The summed E-state index contributed by atoms with van der Waals surface area (Å²) < 4.78 is 2.03. The van der Waals surface area contributed by atoms with Crippen molar-refractivity contribution in [3.8, 4) is 0 Å². The molecule has 0 spiro atoms. The van der Waals surface area contributed by atoms with Gasteiger partial charge in [0.1, 0.15) is 0 Å². The summed E-state index contributed by atoms with van der Waals surface area (Å²) in [6, 6.07) is 3.93. The summed E-state index contributed by atoms with van der Waals surface area (Å²) in [4.78, 5) is 25.4. The number of rotatable bonds is 5. The van der Waals surface area contributed by atoms with Crippen molar-refractivity contribution in [2.45, 2.75) is 26.3 Å². The van der Waals surface area contributed by atoms with E-state index in [0.29, 0.717) is 32.5 Å². The normalized spacial score (nSPS) is 19.5. The molecule has 0 aliphatic carbocycles. The minimum absolute atomic E-state index is 0.0534. The molecule has 1 aliphatic rings. The van der Waals surface area contributed by atoms with Gasteiger partial charge in [0.2, 0.25) is 11.8 Å². The maximum Gasteiger partial charge on any atom is 0.224 e. The summed E-state index contributed by atoms with van der Waals surface area (Å²) in [7, 11) is 0. The highest BCUT2D eigenvalue weighted by atomic mass is 16.2. The molecule has 0 aromatic carbocycles. The fourth-order valence-corrected chi connectivity index (χ4v) is 2.41. The molecule has 2 heterocycles. The van der Waals surface area contributed by atoms with Gasteiger partial charge in [-0.2, -0.15) is 0 Å². The first kappa shape index (κ1) is 13.6. The van der Waals surface area contributed by atoms with Gasteiger partial charge < -0.3 is 14.8 Å². The molecular formula is C14H21N3O2. The van der Waals surface area contributed by atoms with E-state index in [2.05, 4.69) is 5.32 Å². The lowest BCUT2D eigenvalue weighted by Gasteiger charge is -2.31. The molecule has 5 heteroatoms. The lowest BCUT2D eigenvalue weighted by atomic mass is 9.96. The number of likely N-dealkylation sites (tertiary alicyclic amines) is 1. The van der Waals surface area contributed by atoms with E-state index < -0.39 is 0 Å². The SMILES string of the molecule is CCN1CC(C(=O)NCCn2cccc2)CCC1=O. The van der Waals surface area contributed by atoms with Crippen molar-refractivity contribution >= 4 is 11.8 Å². The van der Waals surface area contributed by atoms with E-state index in [0.717, 1.165) is 6.54 Å². The predicted octanol–water partition coefficient (Wildman–Crippen LogP) is 0.863. The van der Waals surface area contributed by atoms with Crippen LogP contribution < -0.4 is 5.32 Å². The number of aromatic nitrogens is 1. The second kappa shape index (κ2) is 6.41. The van der Waals surface area contributed by atoms with Gasteiger partial charge >= 0.3 is 0 Å². The summed E-state index contributed by atoms with van der Waals surface area (Å²) in [6.45, 7) is 4.60. The highest BCUT2D eigenvalue weighted by Crippen LogP contribution is 2.17. The van der Waals surface area contributed by atoms with Crippen molar-refractivity contribution in [3.05, 3.63) is 24.5 Å². The fraction of sp³-hybridized carbons (Fsp3) is 0.571. The monoisotopic (exact) mass is 263 g/mol. The molecule has 104 valence electrons. The molecule has 1 N–H and O–H groups in total. The first-order valence-electron chi connectivity index (χ1n) is 6.87. The molecule has 5 nitrogen and oxygen atoms in total. The quantitative estimate of drug-likeness (QED) is 0.856. The van der Waals surface area contributed by atoms with Crippen molar-refractivity contribution in [3.63, 3.8) is 0 Å². The number of hydrogen-bond acceptors (Lipinski definition) is 2. The molecule has 1 aliphatic heterocycles. The molecule has 2 rings (SSSR count). The molecule has 1 aromatic rings. The van der Waals surface area contributed by atoms with Crippen LogP contribution in [0.1, 0.15) is 19.8 Å². The zero-order valence-electron chi connectivity index (χ0n) is 11.3. The minimum atomic E-state index is -0.0534. The molecule has 2 amide bonds. The van der Waals surface area contributed by atoms with Crippen LogP contribution in [-0.2, 0) is 16.1 Å². The van der Waals surface area contributed by atoms with Crippen LogP contribution in [0.25, 0.3) is 0 Å². The summed E-state index contributed by atoms with van der Waals surface area (Å²) in [5.41, 5.74) is 0. The van der Waals surface area contributed by atoms with Crippen molar-refractivity contribution in [2.75, 3.05) is 19.6 Å². The Labute approximate surface area is 113 Å². The van der Waals surface area contributed by atoms with Gasteiger partial charge in [-0.05, 0) is 25.5 Å². The average molecular weight is 263 g/mol. The highest BCUT2D eigenvalue weighted by molar-refractivity contribution is 5.83. The summed E-state index contributed by atoms with van der Waals surface area (Å²) in [5, 5.41) is 2.95. The van der Waals surface area contributed by atoms with Gasteiger partial charge in [0, 0.05) is 45.0 Å². The Morgan fingerprint density at radius 3 is 2.84 bits per heavy atom. The van der Waals surface area contributed by atoms with E-state index in [9.17, 15) is 9.59 Å². The fourth-order valence-electron chi connectivity index (χ4n) is 2.41. The van der Waals surface area contributed by atoms with Gasteiger partial charge in [-0.3, -0.25) is 9.59 Å². The van der Waals surface area contributed by atoms with Crippen LogP contribution in [0.2, 0.25) is 0 Å². The lowest BCUT2D eigenvalue weighted by molar-refractivity contribution is -0.138. The van der Waals surface area contributed by atoms with Gasteiger partial charge in [0.05, 0.1) is 5.92 Å². The third-order valence-electron chi connectivity index (χ3n) is 3.59. The van der Waals surface area contributed by atoms with Gasteiger partial charge in [-0.25, -0.2) is 0 Å². The summed E-state index contributed by atoms with van der Waals surface area (Å²) in [5.74, 6) is 0.180. The predicted molar refractivity (Wildman–Crippen MR) is 72.4 cm³/mol. The van der Waals surface area contributed by atoms with Gasteiger partial charge in [-0.1, -0.05) is 0 Å². The standard InChI is InChI=1S/C14H21N3O2/c1-2-17-11-12(5-6-13(17)18)14(19)15-7-10-16-8-3-4-9-16/h3-4,8-9,12H,2,5-7,10-11H2,1H3,(H,15,19). The Balaban J connectivity index is 1.75. The van der Waals surface area contributed by atoms with Crippen molar-refractivity contribution in [1.82, 2.24) is 14.8 Å². The van der Waals surface area contributed by atoms with Gasteiger partial charge in [-0.15, -0.1) is 0 Å². The zero-order chi connectivity index (χ0) is 13.7. The van der Waals surface area contributed by atoms with Crippen LogP contribution in [0.4, 0.5) is 0 Å². The Morgan fingerprint density at radius 1 is 1.42 bits per heavy atom. The summed E-state index contributed by atoms with van der Waals surface area (Å²) in [6.07, 6.45) is 5.11. The van der Waals surface area contributed by atoms with Gasteiger partial charge in [0.15, 0.2) is 0 Å². The average Bonchev–Trinajstić information content (AvgIpc) is 2.92. The van der Waals surface area contributed by atoms with E-state index in [1.165, 1.54) is 0 Å². The second-order valence-electron chi connectivity index (χ2n) is 4.88. The number of nitrogens with zero attached hydrogens (tertiary/aromatic N) is 2. The van der Waals surface area contributed by atoms with Crippen LogP contribution in [-0.4, -0.2) is 40.9 Å². The van der Waals surface area contributed by atoms with Crippen molar-refractivity contribution in [2.24, 2.45) is 5.92 Å². The first-order valence-corrected chi connectivity index (χ1v) is 6.87. The Hall–Kier alpha value is -1.78. The molecule has 1 saturated heterocycles. The molecule has 1 aromatic heterocycles. The van der Waals surface area contributed by atoms with Gasteiger partial charge in [0.25, 0.3) is 0 Å². The Morgan fingerprint density at radius 2 is 2.16 bits per heavy atom. The van der Waals surface area contributed by atoms with Crippen LogP contribution in [0.5, 0.6) is 0 Å². The molecular weight excluding hydrogens is 242 g/mol. The smallest absolute Gasteiger partial charge is 0.224 e. The molecule has 19 heavy (non-hydrogen) atoms. The molecule has 1 atom stereocenters. The molecule has 0 bridgehead atoms. The lowest BCUT2D eigenvalue weighted by Crippen LogP contribution is -2.46. The Bertz CT molecular complexity index is 428. The van der Waals surface area contributed by atoms with Crippen LogP contribution >= 0.6 is 0 Å². The van der Waals surface area contributed by atoms with E-state index in [1.807, 2.05) is 36.0 Å². The summed E-state index contributed by atoms with van der Waals surface area (Å²) >= 11 is 0. The number of amides is 2. The van der Waals surface area contributed by atoms with E-state index in [-0.39, 0.29) is 17.7 Å². The second-order valence-corrected chi connectivity index (χ2v) is 4.88. The maximum atomic E-state index is 12.0. The van der Waals surface area contributed by atoms with E-state index >= 15 is 0 Å². The first-order chi connectivity index (χ1) is 9.20. The number of hydrogen-bond donors (Lipinski definition) is 1. The topological polar surface area (TPSA) is 54.3 Å². The van der Waals surface area contributed by atoms with Crippen LogP contribution in [0.3, 0.4) is 0 Å². The molecule has 1 unspecified atom stereocenters. The van der Waals surface area contributed by atoms with Crippen molar-refractivity contribution in [1.29, 1.82) is 0 Å². The highest BCUT2D eigenvalue weighted by Gasteiger charge is 2.28. The molecule has 1 fully saturated rings. The largest absolute Gasteiger partial charge is 0.354 e. The van der Waals surface area contributed by atoms with E-state index in [4.69, 9.17) is 0 Å². The minimum Gasteiger partial charge on any atom is -0.354 e. The zero-order valence-corrected chi connectivity index (χ0v) is 11.3. The maximum absolute atomic E-state index is 12.0. The molecule has 0 radical (unpaired) electrons. The van der Waals surface area contributed by atoms with E-state index in [1.54, 1.807) is 4.90 Å². The van der Waals surface area contributed by atoms with Crippen LogP contribution in [0.15, 0.2) is 24.5 Å². The third kappa shape index (κ3) is 3.59. The number of piperidine rings is 1. The molecule has 0 saturated carbocycles. The van der Waals surface area contributed by atoms with Crippen LogP contribution in [0, 0.1) is 5.92 Å². The Kier molecular flexibility index (Phi) is 4.60. The number of carbonyl (C=O) groups is 2. The van der Waals surface area contributed by atoms with Crippen molar-refractivity contribution < 1.29 is 9.59 Å².